The Morgan fingerprint density at radius 2 is 1.94 bits per heavy atom. The molecule has 0 aromatic rings. The Morgan fingerprint density at radius 3 is 2.50 bits per heavy atom. The fraction of sp³-hybridized carbons (Fsp3) is 0.917. The lowest BCUT2D eigenvalue weighted by molar-refractivity contribution is -0.533. The quantitative estimate of drug-likeness (QED) is 0.265. The molecule has 6 heteroatoms. The van der Waals surface area contributed by atoms with Gasteiger partial charge in [0.05, 0.1) is 6.61 Å². The van der Waals surface area contributed by atoms with Gasteiger partial charge in [0.2, 0.25) is 6.04 Å². The number of unbranched alkanes of at least 4 members (excludes halogenated alkanes) is 5. The molecule has 1 atom stereocenters. The van der Waals surface area contributed by atoms with E-state index in [1.807, 2.05) is 0 Å². The van der Waals surface area contributed by atoms with Crippen LogP contribution in [0.5, 0.6) is 0 Å². The molecule has 0 spiro atoms. The summed E-state index contributed by atoms with van der Waals surface area (Å²) < 4.78 is 4.78. The molecule has 0 aliphatic rings. The lowest BCUT2D eigenvalue weighted by atomic mass is 10.1. The van der Waals surface area contributed by atoms with Crippen LogP contribution >= 0.6 is 0 Å². The van der Waals surface area contributed by atoms with Gasteiger partial charge >= 0.3 is 0 Å². The van der Waals surface area contributed by atoms with E-state index in [4.69, 9.17) is 10.5 Å². The zero-order chi connectivity index (χ0) is 13.8. The Balaban J connectivity index is 3.83. The van der Waals surface area contributed by atoms with Crippen molar-refractivity contribution in [3.63, 3.8) is 0 Å². The third-order valence-corrected chi connectivity index (χ3v) is 2.62. The highest BCUT2D eigenvalue weighted by Crippen LogP contribution is 2.05. The molecule has 0 saturated heterocycles. The van der Waals surface area contributed by atoms with E-state index in [1.54, 1.807) is 0 Å². The van der Waals surface area contributed by atoms with Crippen LogP contribution < -0.4 is 5.73 Å². The minimum atomic E-state index is -0.882. The molecule has 1 amide bonds. The summed E-state index contributed by atoms with van der Waals surface area (Å²) in [5, 5.41) is 15.1. The third-order valence-electron chi connectivity index (χ3n) is 2.62. The first-order chi connectivity index (χ1) is 8.61. The van der Waals surface area contributed by atoms with Gasteiger partial charge in [-0.15, -0.1) is 0 Å². The maximum absolute atomic E-state index is 11.4. The van der Waals surface area contributed by atoms with Gasteiger partial charge in [-0.05, 0) is 11.5 Å². The van der Waals surface area contributed by atoms with Crippen LogP contribution in [0.25, 0.3) is 0 Å². The summed E-state index contributed by atoms with van der Waals surface area (Å²) in [6, 6.07) is -0.882. The summed E-state index contributed by atoms with van der Waals surface area (Å²) in [5.41, 5.74) is 5.10. The van der Waals surface area contributed by atoms with E-state index in [9.17, 15) is 10.0 Å². The Morgan fingerprint density at radius 1 is 1.33 bits per heavy atom. The van der Waals surface area contributed by atoms with Gasteiger partial charge in [-0.3, -0.25) is 4.79 Å². The highest BCUT2D eigenvalue weighted by molar-refractivity contribution is 5.79. The van der Waals surface area contributed by atoms with Crippen molar-refractivity contribution in [2.45, 2.75) is 51.5 Å². The first-order valence-electron chi connectivity index (χ1n) is 6.55. The number of nitrogens with zero attached hydrogens (tertiary/aromatic N) is 2. The molecule has 0 rings (SSSR count). The van der Waals surface area contributed by atoms with Crippen LogP contribution in [0.3, 0.4) is 0 Å². The predicted molar refractivity (Wildman–Crippen MR) is 69.2 cm³/mol. The minimum absolute atomic E-state index is 0.0462. The molecule has 6 nitrogen and oxygen atoms in total. The van der Waals surface area contributed by atoms with Gasteiger partial charge in [0.15, 0.2) is 6.54 Å². The Labute approximate surface area is 109 Å². The van der Waals surface area contributed by atoms with Crippen LogP contribution in [0.15, 0.2) is 5.11 Å². The number of carbonyl (C=O) groups is 1. The Bertz CT molecular complexity index is 257. The zero-order valence-corrected chi connectivity index (χ0v) is 11.4. The maximum atomic E-state index is 11.4. The van der Waals surface area contributed by atoms with Crippen molar-refractivity contribution >= 4 is 5.91 Å². The molecule has 0 aliphatic carbocycles. The monoisotopic (exact) mass is 259 g/mol. The SMILES string of the molecule is CCCCCCCC[N+]([O-])=N[C@@H](COC)C(N)=O. The molecule has 2 N–H and O–H groups in total. The number of nitrogens with two attached hydrogens (primary N) is 1. The number of rotatable bonds is 11. The van der Waals surface area contributed by atoms with Crippen LogP contribution in [0.4, 0.5) is 0 Å². The van der Waals surface area contributed by atoms with Gasteiger partial charge < -0.3 is 15.7 Å². The standard InChI is InChI=1S/C12H25N3O3/c1-3-4-5-6-7-8-9-15(17)14-11(10-18-2)12(13)16/h11H,3-10H2,1-2H3,(H2,13,16)/t11-/m0/s1. The molecule has 0 unspecified atom stereocenters. The van der Waals surface area contributed by atoms with E-state index in [-0.39, 0.29) is 6.61 Å². The van der Waals surface area contributed by atoms with E-state index in [0.717, 1.165) is 19.3 Å². The second-order valence-electron chi connectivity index (χ2n) is 4.33. The molecular weight excluding hydrogens is 234 g/mol. The molecule has 0 radical (unpaired) electrons. The fourth-order valence-corrected chi connectivity index (χ4v) is 1.57. The van der Waals surface area contributed by atoms with E-state index in [2.05, 4.69) is 12.0 Å². The Kier molecular flexibility index (Phi) is 10.2. The topological polar surface area (TPSA) is 90.8 Å². The largest absolute Gasteiger partial charge is 0.600 e. The summed E-state index contributed by atoms with van der Waals surface area (Å²) in [7, 11) is 1.44. The predicted octanol–water partition coefficient (Wildman–Crippen LogP) is 1.81. The maximum Gasteiger partial charge on any atom is 0.250 e. The lowest BCUT2D eigenvalue weighted by Gasteiger charge is -2.06. The third kappa shape index (κ3) is 8.92. The van der Waals surface area contributed by atoms with Crippen molar-refractivity contribution in [2.24, 2.45) is 10.8 Å². The van der Waals surface area contributed by atoms with Gasteiger partial charge in [-0.2, -0.15) is 0 Å². The molecule has 0 aromatic heterocycles. The van der Waals surface area contributed by atoms with E-state index >= 15 is 0 Å². The average molecular weight is 259 g/mol. The molecule has 0 fully saturated rings. The molecular formula is C12H25N3O3. The summed E-state index contributed by atoms with van der Waals surface area (Å²) in [6.07, 6.45) is 6.59. The number of amides is 1. The van der Waals surface area contributed by atoms with Gasteiger partial charge in [-0.1, -0.05) is 37.5 Å². The van der Waals surface area contributed by atoms with Crippen molar-refractivity contribution in [2.75, 3.05) is 20.3 Å². The van der Waals surface area contributed by atoms with Gasteiger partial charge in [0.25, 0.3) is 5.91 Å². The zero-order valence-electron chi connectivity index (χ0n) is 11.4. The average Bonchev–Trinajstić information content (AvgIpc) is 2.33. The minimum Gasteiger partial charge on any atom is -0.600 e. The number of hydroxylamine groups is 1. The number of hydrogen-bond donors (Lipinski definition) is 1. The van der Waals surface area contributed by atoms with Crippen LogP contribution in [0.1, 0.15) is 45.4 Å². The highest BCUT2D eigenvalue weighted by atomic mass is 16.5. The van der Waals surface area contributed by atoms with Gasteiger partial charge in [0, 0.05) is 13.5 Å². The van der Waals surface area contributed by atoms with Crippen molar-refractivity contribution < 1.29 is 14.4 Å². The number of azo groups is 1. The molecule has 0 aliphatic heterocycles. The van der Waals surface area contributed by atoms with Gasteiger partial charge in [0.1, 0.15) is 0 Å². The van der Waals surface area contributed by atoms with Crippen molar-refractivity contribution in [3.05, 3.63) is 5.21 Å². The van der Waals surface area contributed by atoms with E-state index in [1.165, 1.54) is 26.4 Å². The van der Waals surface area contributed by atoms with Crippen molar-refractivity contribution in [1.29, 1.82) is 0 Å². The molecule has 0 aromatic carbocycles. The van der Waals surface area contributed by atoms with E-state index < -0.39 is 11.9 Å². The molecule has 106 valence electrons. The Hall–Kier alpha value is -1.17. The highest BCUT2D eigenvalue weighted by Gasteiger charge is 2.17. The first kappa shape index (κ1) is 16.8. The second-order valence-corrected chi connectivity index (χ2v) is 4.33. The smallest absolute Gasteiger partial charge is 0.250 e. The second kappa shape index (κ2) is 11.0. The summed E-state index contributed by atoms with van der Waals surface area (Å²) in [5.74, 6) is -0.638. The van der Waals surface area contributed by atoms with Crippen molar-refractivity contribution in [1.82, 2.24) is 0 Å². The summed E-state index contributed by atoms with van der Waals surface area (Å²) in [6.45, 7) is 2.52. The first-order valence-corrected chi connectivity index (χ1v) is 6.55. The van der Waals surface area contributed by atoms with Crippen LogP contribution in [-0.2, 0) is 9.53 Å². The van der Waals surface area contributed by atoms with Crippen molar-refractivity contribution in [3.8, 4) is 0 Å². The van der Waals surface area contributed by atoms with Crippen LogP contribution in [-0.4, -0.2) is 37.1 Å². The van der Waals surface area contributed by atoms with Gasteiger partial charge in [-0.25, -0.2) is 0 Å². The number of ether oxygens (including phenoxy) is 1. The normalized spacial score (nSPS) is 13.6. The fourth-order valence-electron chi connectivity index (χ4n) is 1.57. The van der Waals surface area contributed by atoms with E-state index in [0.29, 0.717) is 11.4 Å². The molecule has 0 heterocycles. The number of primary amides is 1. The number of methoxy groups -OCH3 is 1. The lowest BCUT2D eigenvalue weighted by Crippen LogP contribution is -2.32. The number of hydrogen-bond acceptors (Lipinski definition) is 4. The summed E-state index contributed by atoms with van der Waals surface area (Å²) in [4.78, 5) is 11.5. The molecule has 0 bridgehead atoms. The summed E-state index contributed by atoms with van der Waals surface area (Å²) >= 11 is 0. The molecule has 0 saturated carbocycles. The molecule has 18 heavy (non-hydrogen) atoms. The van der Waals surface area contributed by atoms with Crippen LogP contribution in [0.2, 0.25) is 0 Å². The van der Waals surface area contributed by atoms with Crippen LogP contribution in [0, 0.1) is 5.21 Å². The number of carbonyl (C=O) groups excluding carboxylic acids is 1.